The number of carbonyl (C=O) groups excluding carboxylic acids is 3. The first-order valence-corrected chi connectivity index (χ1v) is 15.4. The first-order valence-electron chi connectivity index (χ1n) is 14.1. The zero-order chi connectivity index (χ0) is 30.6. The first-order chi connectivity index (χ1) is 21.3. The summed E-state index contributed by atoms with van der Waals surface area (Å²) in [5.41, 5.74) is 2.53. The predicted molar refractivity (Wildman–Crippen MR) is 168 cm³/mol. The molecule has 3 amide bonds. The van der Waals surface area contributed by atoms with Crippen LogP contribution in [0.25, 0.3) is 0 Å². The van der Waals surface area contributed by atoms with Gasteiger partial charge in [-0.1, -0.05) is 53.7 Å². The minimum absolute atomic E-state index is 0.105. The van der Waals surface area contributed by atoms with Gasteiger partial charge in [-0.05, 0) is 78.6 Å². The lowest BCUT2D eigenvalue weighted by atomic mass is 10.1. The maximum absolute atomic E-state index is 13.8. The van der Waals surface area contributed by atoms with Crippen LogP contribution >= 0.6 is 23.4 Å². The van der Waals surface area contributed by atoms with Gasteiger partial charge >= 0.3 is 0 Å². The minimum atomic E-state index is -0.585. The number of nitrogens with zero attached hydrogens (tertiary/aromatic N) is 3. The Bertz CT molecular complexity index is 1700. The molecule has 1 aromatic heterocycles. The van der Waals surface area contributed by atoms with Crippen molar-refractivity contribution in [2.45, 2.75) is 37.1 Å². The Morgan fingerprint density at radius 1 is 1.05 bits per heavy atom. The Kier molecular flexibility index (Phi) is 8.81. The van der Waals surface area contributed by atoms with Gasteiger partial charge in [-0.15, -0.1) is 0 Å². The number of anilines is 1. The lowest BCUT2D eigenvalue weighted by molar-refractivity contribution is -0.136. The number of rotatable bonds is 8. The maximum atomic E-state index is 13.8. The van der Waals surface area contributed by atoms with Crippen LogP contribution in [-0.2, 0) is 27.3 Å². The summed E-state index contributed by atoms with van der Waals surface area (Å²) in [5.74, 6) is -0.358. The van der Waals surface area contributed by atoms with Crippen LogP contribution in [0.2, 0.25) is 5.02 Å². The van der Waals surface area contributed by atoms with Crippen LogP contribution in [0.5, 0.6) is 0 Å². The van der Waals surface area contributed by atoms with Crippen molar-refractivity contribution in [1.82, 2.24) is 9.80 Å². The summed E-state index contributed by atoms with van der Waals surface area (Å²) in [6, 6.07) is 23.0. The van der Waals surface area contributed by atoms with E-state index in [0.717, 1.165) is 17.5 Å². The van der Waals surface area contributed by atoms with Crippen molar-refractivity contribution in [3.8, 4) is 0 Å². The van der Waals surface area contributed by atoms with E-state index in [0.29, 0.717) is 40.3 Å². The van der Waals surface area contributed by atoms with Crippen LogP contribution in [0.3, 0.4) is 0 Å². The number of nitrogens with one attached hydrogen (secondary N) is 1. The fraction of sp³-hybridized carbons (Fsp3) is 0.212. The van der Waals surface area contributed by atoms with Crippen LogP contribution in [0.1, 0.15) is 35.0 Å². The molecular formula is C33H28ClFN4O4S. The van der Waals surface area contributed by atoms with E-state index >= 15 is 0 Å². The molecule has 3 heterocycles. The average Bonchev–Trinajstić information content (AvgIpc) is 3.78. The molecule has 0 aliphatic carbocycles. The highest BCUT2D eigenvalue weighted by Gasteiger charge is 2.40. The average molecular weight is 631 g/mol. The molecule has 224 valence electrons. The number of hydrogen-bond acceptors (Lipinski definition) is 6. The van der Waals surface area contributed by atoms with Crippen LogP contribution < -0.4 is 5.32 Å². The Balaban J connectivity index is 1.14. The lowest BCUT2D eigenvalue weighted by Gasteiger charge is -2.24. The number of benzene rings is 3. The number of furan rings is 1. The molecule has 2 aliphatic heterocycles. The SMILES string of the molecule is O=C(Nc1ccc(C2S/C(=N\c3cccc(F)c3)N(Cc3ccco3)C2=O)cc1)[C@@H]1CCCN1C(=O)Cc1ccc(Cl)cc1. The molecule has 11 heteroatoms. The number of amides is 3. The molecule has 2 saturated heterocycles. The standard InChI is InChI=1S/C33H28ClFN4O4S/c34-23-12-8-21(9-13-23)18-29(40)38-16-2-7-28(38)31(41)36-25-14-10-22(11-15-25)30-32(42)39(20-27-6-3-17-43-27)33(44-30)37-26-5-1-4-24(35)19-26/h1,3-6,8-15,17,19,28,30H,2,7,16,18,20H2,(H,36,41)/b37-33-/t28-,30?/m0/s1. The Morgan fingerprint density at radius 3 is 2.57 bits per heavy atom. The van der Waals surface area contributed by atoms with Crippen molar-refractivity contribution in [3.05, 3.63) is 119 Å². The lowest BCUT2D eigenvalue weighted by Crippen LogP contribution is -2.43. The monoisotopic (exact) mass is 630 g/mol. The second kappa shape index (κ2) is 13.1. The predicted octanol–water partition coefficient (Wildman–Crippen LogP) is 6.75. The van der Waals surface area contributed by atoms with Gasteiger partial charge in [0, 0.05) is 17.3 Å². The van der Waals surface area contributed by atoms with Crippen molar-refractivity contribution in [2.24, 2.45) is 4.99 Å². The molecule has 6 rings (SSSR count). The largest absolute Gasteiger partial charge is 0.467 e. The van der Waals surface area contributed by atoms with E-state index in [2.05, 4.69) is 10.3 Å². The highest BCUT2D eigenvalue weighted by atomic mass is 35.5. The molecule has 0 saturated carbocycles. The van der Waals surface area contributed by atoms with Crippen molar-refractivity contribution < 1.29 is 23.2 Å². The van der Waals surface area contributed by atoms with Crippen LogP contribution in [0.4, 0.5) is 15.8 Å². The van der Waals surface area contributed by atoms with Gasteiger partial charge in [-0.3, -0.25) is 19.3 Å². The van der Waals surface area contributed by atoms with E-state index in [1.54, 1.807) is 65.6 Å². The Hall–Kier alpha value is -4.41. The van der Waals surface area contributed by atoms with Crippen molar-refractivity contribution >= 4 is 57.6 Å². The number of hydrogen-bond donors (Lipinski definition) is 1. The quantitative estimate of drug-likeness (QED) is 0.232. The molecule has 1 N–H and O–H groups in total. The van der Waals surface area contributed by atoms with E-state index in [9.17, 15) is 18.8 Å². The van der Waals surface area contributed by atoms with Gasteiger partial charge in [0.1, 0.15) is 22.9 Å². The van der Waals surface area contributed by atoms with Gasteiger partial charge in [0.15, 0.2) is 5.17 Å². The fourth-order valence-electron chi connectivity index (χ4n) is 5.30. The van der Waals surface area contributed by atoms with E-state index in [4.69, 9.17) is 16.0 Å². The van der Waals surface area contributed by atoms with Gasteiger partial charge < -0.3 is 14.6 Å². The molecule has 2 fully saturated rings. The number of thioether (sulfide) groups is 1. The van der Waals surface area contributed by atoms with Crippen molar-refractivity contribution in [2.75, 3.05) is 11.9 Å². The minimum Gasteiger partial charge on any atom is -0.467 e. The van der Waals surface area contributed by atoms with Crippen LogP contribution in [0, 0.1) is 5.82 Å². The molecule has 0 spiro atoms. The molecule has 0 radical (unpaired) electrons. The molecule has 8 nitrogen and oxygen atoms in total. The van der Waals surface area contributed by atoms with Gasteiger partial charge in [-0.25, -0.2) is 9.38 Å². The van der Waals surface area contributed by atoms with Gasteiger partial charge in [0.2, 0.25) is 17.7 Å². The third-order valence-corrected chi connectivity index (χ3v) is 8.98. The summed E-state index contributed by atoms with van der Waals surface area (Å²) >= 11 is 7.23. The zero-order valence-electron chi connectivity index (χ0n) is 23.5. The number of carbonyl (C=O) groups is 3. The molecule has 2 aliphatic rings. The zero-order valence-corrected chi connectivity index (χ0v) is 25.1. The molecule has 44 heavy (non-hydrogen) atoms. The van der Waals surface area contributed by atoms with Gasteiger partial charge in [-0.2, -0.15) is 0 Å². The summed E-state index contributed by atoms with van der Waals surface area (Å²) in [4.78, 5) is 47.5. The van der Waals surface area contributed by atoms with Gasteiger partial charge in [0.25, 0.3) is 0 Å². The summed E-state index contributed by atoms with van der Waals surface area (Å²) in [5, 5.41) is 3.38. The number of halogens is 2. The highest BCUT2D eigenvalue weighted by molar-refractivity contribution is 8.15. The normalized spacial score (nSPS) is 19.1. The number of likely N-dealkylation sites (tertiary alicyclic amines) is 1. The van der Waals surface area contributed by atoms with E-state index in [1.165, 1.54) is 35.1 Å². The fourth-order valence-corrected chi connectivity index (χ4v) is 6.59. The molecule has 1 unspecified atom stereocenters. The first kappa shape index (κ1) is 29.7. The summed E-state index contributed by atoms with van der Waals surface area (Å²) < 4.78 is 19.3. The summed E-state index contributed by atoms with van der Waals surface area (Å²) in [7, 11) is 0. The summed E-state index contributed by atoms with van der Waals surface area (Å²) in [6.07, 6.45) is 3.07. The molecule has 4 aromatic rings. The third kappa shape index (κ3) is 6.71. The van der Waals surface area contributed by atoms with E-state index < -0.39 is 17.1 Å². The Labute approximate surface area is 262 Å². The van der Waals surface area contributed by atoms with Gasteiger partial charge in [0.05, 0.1) is 24.9 Å². The Morgan fingerprint density at radius 2 is 1.84 bits per heavy atom. The smallest absolute Gasteiger partial charge is 0.247 e. The van der Waals surface area contributed by atoms with Crippen molar-refractivity contribution in [3.63, 3.8) is 0 Å². The van der Waals surface area contributed by atoms with E-state index in [1.807, 2.05) is 12.1 Å². The van der Waals surface area contributed by atoms with E-state index in [-0.39, 0.29) is 30.7 Å². The molecular weight excluding hydrogens is 603 g/mol. The molecule has 0 bridgehead atoms. The third-order valence-electron chi connectivity index (χ3n) is 7.50. The second-order valence-electron chi connectivity index (χ2n) is 10.5. The number of aliphatic imine (C=N–C) groups is 1. The molecule has 2 atom stereocenters. The van der Waals surface area contributed by atoms with Crippen LogP contribution in [0.15, 0.2) is 101 Å². The molecule has 3 aromatic carbocycles. The number of amidine groups is 1. The van der Waals surface area contributed by atoms with Crippen molar-refractivity contribution in [1.29, 1.82) is 0 Å². The topological polar surface area (TPSA) is 95.2 Å². The highest BCUT2D eigenvalue weighted by Crippen LogP contribution is 2.41. The maximum Gasteiger partial charge on any atom is 0.247 e. The second-order valence-corrected chi connectivity index (χ2v) is 12.0. The van der Waals surface area contributed by atoms with Crippen LogP contribution in [-0.4, -0.2) is 45.3 Å². The summed E-state index contributed by atoms with van der Waals surface area (Å²) in [6.45, 7) is 0.713.